The van der Waals surface area contributed by atoms with Crippen molar-refractivity contribution in [1.29, 1.82) is 0 Å². The van der Waals surface area contributed by atoms with Crippen LogP contribution in [-0.4, -0.2) is 24.5 Å². The van der Waals surface area contributed by atoms with Gasteiger partial charge in [0.05, 0.1) is 11.4 Å². The third-order valence-electron chi connectivity index (χ3n) is 5.10. The van der Waals surface area contributed by atoms with E-state index in [4.69, 9.17) is 0 Å². The maximum Gasteiger partial charge on any atom is 0.0558 e. The van der Waals surface area contributed by atoms with Crippen LogP contribution in [0, 0.1) is 0 Å². The average molecular weight is 339 g/mol. The van der Waals surface area contributed by atoms with Crippen molar-refractivity contribution in [2.24, 2.45) is 0 Å². The molecule has 1 fully saturated rings. The van der Waals surface area contributed by atoms with Gasteiger partial charge < -0.3 is 10.2 Å². The van der Waals surface area contributed by atoms with E-state index in [0.29, 0.717) is 0 Å². The topological polar surface area (TPSA) is 15.3 Å². The number of likely N-dealkylation sites (tertiary alicyclic amines) is 1. The first kappa shape index (κ1) is 16.0. The Bertz CT molecular complexity index is 692. The minimum absolute atomic E-state index is 1.17. The Kier molecular flexibility index (Phi) is 5.10. The Morgan fingerprint density at radius 2 is 1.71 bits per heavy atom. The van der Waals surface area contributed by atoms with Crippen molar-refractivity contribution in [3.8, 4) is 0 Å². The van der Waals surface area contributed by atoms with Crippen molar-refractivity contribution in [2.75, 3.05) is 25.0 Å². The Morgan fingerprint density at radius 1 is 0.875 bits per heavy atom. The summed E-state index contributed by atoms with van der Waals surface area (Å²) in [6.07, 6.45) is 7.98. The zero-order chi connectivity index (χ0) is 16.2. The third kappa shape index (κ3) is 3.62. The molecule has 0 radical (unpaired) electrons. The lowest BCUT2D eigenvalue weighted by molar-refractivity contribution is 0.225. The van der Waals surface area contributed by atoms with Crippen LogP contribution in [0.4, 0.5) is 11.4 Å². The lowest BCUT2D eigenvalue weighted by Crippen LogP contribution is -2.30. The number of anilines is 2. The molecule has 1 N–H and O–H groups in total. The maximum absolute atomic E-state index is 3.67. The van der Waals surface area contributed by atoms with Gasteiger partial charge >= 0.3 is 0 Å². The fourth-order valence-corrected chi connectivity index (χ4v) is 4.80. The summed E-state index contributed by atoms with van der Waals surface area (Å²) in [6, 6.07) is 15.3. The van der Waals surface area contributed by atoms with E-state index in [2.05, 4.69) is 52.7 Å². The molecule has 4 rings (SSSR count). The zero-order valence-electron chi connectivity index (χ0n) is 14.3. The van der Waals surface area contributed by atoms with Gasteiger partial charge in [0.15, 0.2) is 0 Å². The molecule has 0 atom stereocenters. The number of para-hydroxylation sites is 2. The molecule has 0 amide bonds. The highest BCUT2D eigenvalue weighted by atomic mass is 32.2. The predicted octanol–water partition coefficient (Wildman–Crippen LogP) is 5.70. The standard InChI is InChI=1S/C21H26N2S/c1-5-14-23(15-6-1)16-7-4-9-17-10-8-13-20-21(17)22-18-11-2-3-12-19(18)24-20/h2-3,8,10-13,22H,1,4-7,9,14-16H2. The molecule has 2 aliphatic rings. The zero-order valence-corrected chi connectivity index (χ0v) is 15.1. The van der Waals surface area contributed by atoms with Gasteiger partial charge in [-0.25, -0.2) is 0 Å². The van der Waals surface area contributed by atoms with Crippen molar-refractivity contribution in [3.05, 3.63) is 48.0 Å². The summed E-state index contributed by atoms with van der Waals surface area (Å²) in [4.78, 5) is 5.34. The predicted molar refractivity (Wildman–Crippen MR) is 104 cm³/mol. The van der Waals surface area contributed by atoms with Crippen LogP contribution >= 0.6 is 11.8 Å². The van der Waals surface area contributed by atoms with E-state index in [9.17, 15) is 0 Å². The van der Waals surface area contributed by atoms with Crippen LogP contribution in [0.2, 0.25) is 0 Å². The molecule has 0 unspecified atom stereocenters. The molecule has 3 heteroatoms. The fraction of sp³-hybridized carbons (Fsp3) is 0.429. The van der Waals surface area contributed by atoms with E-state index in [1.165, 1.54) is 84.9 Å². The second-order valence-corrected chi connectivity index (χ2v) is 7.96. The number of nitrogens with zero attached hydrogens (tertiary/aromatic N) is 1. The molecule has 2 aromatic rings. The van der Waals surface area contributed by atoms with Crippen LogP contribution in [0.3, 0.4) is 0 Å². The molecular formula is C21H26N2S. The highest BCUT2D eigenvalue weighted by Crippen LogP contribution is 2.45. The van der Waals surface area contributed by atoms with Crippen molar-refractivity contribution < 1.29 is 0 Å². The Labute approximate surface area is 149 Å². The molecule has 0 aromatic heterocycles. The molecular weight excluding hydrogens is 312 g/mol. The van der Waals surface area contributed by atoms with Crippen LogP contribution in [0.5, 0.6) is 0 Å². The summed E-state index contributed by atoms with van der Waals surface area (Å²) >= 11 is 1.89. The Morgan fingerprint density at radius 3 is 2.62 bits per heavy atom. The van der Waals surface area contributed by atoms with Gasteiger partial charge in [-0.05, 0) is 75.5 Å². The largest absolute Gasteiger partial charge is 0.353 e. The first-order valence-corrected chi connectivity index (χ1v) is 10.1. The summed E-state index contributed by atoms with van der Waals surface area (Å²) < 4.78 is 0. The average Bonchev–Trinajstić information content (AvgIpc) is 2.64. The number of hydrogen-bond donors (Lipinski definition) is 1. The van der Waals surface area contributed by atoms with Crippen molar-refractivity contribution >= 4 is 23.1 Å². The lowest BCUT2D eigenvalue weighted by atomic mass is 10.0. The quantitative estimate of drug-likeness (QED) is 0.600. The molecule has 0 spiro atoms. The van der Waals surface area contributed by atoms with Crippen molar-refractivity contribution in [1.82, 2.24) is 4.90 Å². The molecule has 0 saturated carbocycles. The summed E-state index contributed by atoms with van der Waals surface area (Å²) in [5.41, 5.74) is 4.04. The van der Waals surface area contributed by atoms with Gasteiger partial charge in [0.2, 0.25) is 0 Å². The lowest BCUT2D eigenvalue weighted by Gasteiger charge is -2.26. The fourth-order valence-electron chi connectivity index (χ4n) is 3.76. The monoisotopic (exact) mass is 338 g/mol. The SMILES string of the molecule is c1ccc2c(c1)Nc1c(CCCCN3CCCCC3)cccc1S2. The van der Waals surface area contributed by atoms with E-state index < -0.39 is 0 Å². The van der Waals surface area contributed by atoms with Gasteiger partial charge in [-0.2, -0.15) is 0 Å². The number of unbranched alkanes of at least 4 members (excludes halogenated alkanes) is 1. The maximum atomic E-state index is 3.67. The van der Waals surface area contributed by atoms with E-state index >= 15 is 0 Å². The molecule has 2 heterocycles. The van der Waals surface area contributed by atoms with Gasteiger partial charge in [0.1, 0.15) is 0 Å². The van der Waals surface area contributed by atoms with E-state index in [0.717, 1.165) is 0 Å². The van der Waals surface area contributed by atoms with Crippen molar-refractivity contribution in [2.45, 2.75) is 48.3 Å². The van der Waals surface area contributed by atoms with E-state index in [-0.39, 0.29) is 0 Å². The molecule has 2 aliphatic heterocycles. The highest BCUT2D eigenvalue weighted by molar-refractivity contribution is 7.99. The number of nitrogens with one attached hydrogen (secondary N) is 1. The number of piperidine rings is 1. The van der Waals surface area contributed by atoms with Crippen molar-refractivity contribution in [3.63, 3.8) is 0 Å². The van der Waals surface area contributed by atoms with Gasteiger partial charge in [0.25, 0.3) is 0 Å². The first-order valence-electron chi connectivity index (χ1n) is 9.28. The highest BCUT2D eigenvalue weighted by Gasteiger charge is 2.17. The smallest absolute Gasteiger partial charge is 0.0558 e. The van der Waals surface area contributed by atoms with Crippen LogP contribution in [0.15, 0.2) is 52.3 Å². The van der Waals surface area contributed by atoms with E-state index in [1.807, 2.05) is 11.8 Å². The first-order chi connectivity index (χ1) is 11.9. The number of hydrogen-bond acceptors (Lipinski definition) is 3. The van der Waals surface area contributed by atoms with Gasteiger partial charge in [-0.15, -0.1) is 0 Å². The van der Waals surface area contributed by atoms with Gasteiger partial charge in [-0.3, -0.25) is 0 Å². The van der Waals surface area contributed by atoms with Gasteiger partial charge in [-0.1, -0.05) is 42.4 Å². The molecule has 126 valence electrons. The molecule has 2 nitrogen and oxygen atoms in total. The Balaban J connectivity index is 1.37. The number of fused-ring (bicyclic) bond motifs is 2. The minimum Gasteiger partial charge on any atom is -0.353 e. The number of benzene rings is 2. The van der Waals surface area contributed by atoms with Crippen LogP contribution in [0.25, 0.3) is 0 Å². The number of aryl methyl sites for hydroxylation is 1. The minimum atomic E-state index is 1.17. The molecule has 0 bridgehead atoms. The normalized spacial score (nSPS) is 17.0. The second kappa shape index (κ2) is 7.62. The Hall–Kier alpha value is -1.45. The molecule has 24 heavy (non-hydrogen) atoms. The molecule has 2 aromatic carbocycles. The number of rotatable bonds is 5. The summed E-state index contributed by atoms with van der Waals surface area (Å²) in [5, 5.41) is 3.67. The molecule has 0 aliphatic carbocycles. The van der Waals surface area contributed by atoms with Crippen LogP contribution in [0.1, 0.15) is 37.7 Å². The summed E-state index contributed by atoms with van der Waals surface area (Å²) in [5.74, 6) is 0. The van der Waals surface area contributed by atoms with Gasteiger partial charge in [0, 0.05) is 9.79 Å². The second-order valence-electron chi connectivity index (χ2n) is 6.87. The van der Waals surface area contributed by atoms with Crippen LogP contribution in [-0.2, 0) is 6.42 Å². The van der Waals surface area contributed by atoms with E-state index in [1.54, 1.807) is 0 Å². The van der Waals surface area contributed by atoms with Crippen LogP contribution < -0.4 is 5.32 Å². The third-order valence-corrected chi connectivity index (χ3v) is 6.23. The molecule has 1 saturated heterocycles. The summed E-state index contributed by atoms with van der Waals surface area (Å²) in [7, 11) is 0. The summed E-state index contributed by atoms with van der Waals surface area (Å²) in [6.45, 7) is 3.91.